The van der Waals surface area contributed by atoms with E-state index in [1.54, 1.807) is 6.07 Å². The summed E-state index contributed by atoms with van der Waals surface area (Å²) in [5, 5.41) is 0. The molecule has 0 bridgehead atoms. The van der Waals surface area contributed by atoms with Gasteiger partial charge in [-0.3, -0.25) is 0 Å². The Kier molecular flexibility index (Phi) is 4.23. The van der Waals surface area contributed by atoms with E-state index in [1.165, 1.54) is 18.9 Å². The number of halogens is 1. The first-order valence-electron chi connectivity index (χ1n) is 6.86. The first kappa shape index (κ1) is 13.3. The summed E-state index contributed by atoms with van der Waals surface area (Å²) >= 11 is 0. The first-order chi connectivity index (χ1) is 8.60. The standard InChI is InChI=1S/C15H23FN2/c1-11(2)5-6-18(14-3-4-14)15-8-12(10-17)7-13(16)9-15/h7-9,11,14H,3-6,10,17H2,1-2H3. The van der Waals surface area contributed by atoms with Crippen molar-refractivity contribution in [3.8, 4) is 0 Å². The van der Waals surface area contributed by atoms with Crippen LogP contribution in [-0.2, 0) is 6.54 Å². The van der Waals surface area contributed by atoms with Crippen LogP contribution in [0.3, 0.4) is 0 Å². The highest BCUT2D eigenvalue weighted by Gasteiger charge is 2.29. The number of hydrogen-bond donors (Lipinski definition) is 1. The van der Waals surface area contributed by atoms with Crippen molar-refractivity contribution in [3.63, 3.8) is 0 Å². The molecule has 100 valence electrons. The van der Waals surface area contributed by atoms with Gasteiger partial charge in [0.2, 0.25) is 0 Å². The average molecular weight is 250 g/mol. The highest BCUT2D eigenvalue weighted by atomic mass is 19.1. The third kappa shape index (κ3) is 3.45. The Morgan fingerprint density at radius 2 is 2.06 bits per heavy atom. The van der Waals surface area contributed by atoms with Crippen molar-refractivity contribution in [1.82, 2.24) is 0 Å². The fourth-order valence-electron chi connectivity index (χ4n) is 2.22. The Hall–Kier alpha value is -1.09. The van der Waals surface area contributed by atoms with Crippen molar-refractivity contribution < 1.29 is 4.39 Å². The predicted octanol–water partition coefficient (Wildman–Crippen LogP) is 3.30. The van der Waals surface area contributed by atoms with Crippen LogP contribution in [0.25, 0.3) is 0 Å². The number of rotatable bonds is 6. The smallest absolute Gasteiger partial charge is 0.125 e. The van der Waals surface area contributed by atoms with E-state index in [9.17, 15) is 4.39 Å². The van der Waals surface area contributed by atoms with E-state index >= 15 is 0 Å². The van der Waals surface area contributed by atoms with E-state index in [0.717, 1.165) is 24.2 Å². The zero-order valence-electron chi connectivity index (χ0n) is 11.3. The van der Waals surface area contributed by atoms with Gasteiger partial charge in [-0.25, -0.2) is 4.39 Å². The number of anilines is 1. The summed E-state index contributed by atoms with van der Waals surface area (Å²) in [4.78, 5) is 2.35. The number of hydrogen-bond acceptors (Lipinski definition) is 2. The van der Waals surface area contributed by atoms with Crippen molar-refractivity contribution in [1.29, 1.82) is 0 Å². The van der Waals surface area contributed by atoms with E-state index in [0.29, 0.717) is 18.5 Å². The first-order valence-corrected chi connectivity index (χ1v) is 6.86. The van der Waals surface area contributed by atoms with Crippen molar-refractivity contribution in [2.45, 2.75) is 45.7 Å². The van der Waals surface area contributed by atoms with Crippen LogP contribution in [0.15, 0.2) is 18.2 Å². The lowest BCUT2D eigenvalue weighted by atomic mass is 10.1. The second-order valence-electron chi connectivity index (χ2n) is 5.63. The molecule has 1 saturated carbocycles. The molecule has 0 spiro atoms. The topological polar surface area (TPSA) is 29.3 Å². The number of nitrogens with two attached hydrogens (primary N) is 1. The van der Waals surface area contributed by atoms with Crippen LogP contribution in [0.1, 0.15) is 38.7 Å². The van der Waals surface area contributed by atoms with E-state index < -0.39 is 0 Å². The minimum Gasteiger partial charge on any atom is -0.368 e. The maximum absolute atomic E-state index is 13.6. The monoisotopic (exact) mass is 250 g/mol. The largest absolute Gasteiger partial charge is 0.368 e. The average Bonchev–Trinajstić information content (AvgIpc) is 3.12. The Morgan fingerprint density at radius 1 is 1.33 bits per heavy atom. The Bertz CT molecular complexity index is 399. The third-order valence-electron chi connectivity index (χ3n) is 3.44. The van der Waals surface area contributed by atoms with Gasteiger partial charge in [0.15, 0.2) is 0 Å². The molecule has 1 aromatic rings. The van der Waals surface area contributed by atoms with Gasteiger partial charge >= 0.3 is 0 Å². The molecule has 0 amide bonds. The van der Waals surface area contributed by atoms with Crippen molar-refractivity contribution in [2.24, 2.45) is 11.7 Å². The fraction of sp³-hybridized carbons (Fsp3) is 0.600. The molecular weight excluding hydrogens is 227 g/mol. The van der Waals surface area contributed by atoms with E-state index in [2.05, 4.69) is 18.7 Å². The highest BCUT2D eigenvalue weighted by Crippen LogP contribution is 2.33. The van der Waals surface area contributed by atoms with Gasteiger partial charge in [-0.15, -0.1) is 0 Å². The lowest BCUT2D eigenvalue weighted by Gasteiger charge is -2.26. The fourth-order valence-corrected chi connectivity index (χ4v) is 2.22. The molecule has 0 atom stereocenters. The lowest BCUT2D eigenvalue weighted by Crippen LogP contribution is -2.28. The maximum Gasteiger partial charge on any atom is 0.125 e. The molecule has 2 nitrogen and oxygen atoms in total. The lowest BCUT2D eigenvalue weighted by molar-refractivity contribution is 0.569. The minimum atomic E-state index is -0.178. The number of nitrogens with zero attached hydrogens (tertiary/aromatic N) is 1. The van der Waals surface area contributed by atoms with Crippen LogP contribution in [0.2, 0.25) is 0 Å². The van der Waals surface area contributed by atoms with Gasteiger partial charge in [-0.05, 0) is 48.9 Å². The quantitative estimate of drug-likeness (QED) is 0.839. The summed E-state index contributed by atoms with van der Waals surface area (Å²) < 4.78 is 13.6. The van der Waals surface area contributed by atoms with Crippen molar-refractivity contribution in [2.75, 3.05) is 11.4 Å². The summed E-state index contributed by atoms with van der Waals surface area (Å²) in [5.74, 6) is 0.497. The summed E-state index contributed by atoms with van der Waals surface area (Å²) in [7, 11) is 0. The molecule has 0 unspecified atom stereocenters. The molecule has 1 aliphatic carbocycles. The zero-order chi connectivity index (χ0) is 13.1. The molecule has 0 heterocycles. The highest BCUT2D eigenvalue weighted by molar-refractivity contribution is 5.51. The van der Waals surface area contributed by atoms with Gasteiger partial charge in [0.05, 0.1) is 0 Å². The minimum absolute atomic E-state index is 0.178. The molecule has 2 rings (SSSR count). The molecule has 0 aromatic heterocycles. The second-order valence-corrected chi connectivity index (χ2v) is 5.63. The Balaban J connectivity index is 2.16. The van der Waals surface area contributed by atoms with Crippen molar-refractivity contribution in [3.05, 3.63) is 29.6 Å². The molecule has 1 aromatic carbocycles. The van der Waals surface area contributed by atoms with Gasteiger partial charge in [0, 0.05) is 24.8 Å². The van der Waals surface area contributed by atoms with E-state index in [1.807, 2.05) is 6.07 Å². The van der Waals surface area contributed by atoms with E-state index in [-0.39, 0.29) is 5.82 Å². The summed E-state index contributed by atoms with van der Waals surface area (Å²) in [5.41, 5.74) is 7.49. The van der Waals surface area contributed by atoms with Crippen LogP contribution < -0.4 is 10.6 Å². The predicted molar refractivity (Wildman–Crippen MR) is 74.1 cm³/mol. The van der Waals surface area contributed by atoms with Gasteiger partial charge in [0.25, 0.3) is 0 Å². The van der Waals surface area contributed by atoms with Crippen LogP contribution in [0.4, 0.5) is 10.1 Å². The van der Waals surface area contributed by atoms with Gasteiger partial charge in [-0.1, -0.05) is 13.8 Å². The molecular formula is C15H23FN2. The van der Waals surface area contributed by atoms with Crippen LogP contribution in [-0.4, -0.2) is 12.6 Å². The zero-order valence-corrected chi connectivity index (χ0v) is 11.3. The van der Waals surface area contributed by atoms with Crippen LogP contribution in [0.5, 0.6) is 0 Å². The van der Waals surface area contributed by atoms with E-state index in [4.69, 9.17) is 5.73 Å². The molecule has 3 heteroatoms. The maximum atomic E-state index is 13.6. The van der Waals surface area contributed by atoms with Gasteiger partial charge in [0.1, 0.15) is 5.82 Å². The summed E-state index contributed by atoms with van der Waals surface area (Å²) in [6, 6.07) is 5.80. The SMILES string of the molecule is CC(C)CCN(c1cc(F)cc(CN)c1)C1CC1. The Labute approximate surface area is 109 Å². The molecule has 1 fully saturated rings. The Morgan fingerprint density at radius 3 is 2.61 bits per heavy atom. The molecule has 0 radical (unpaired) electrons. The normalized spacial score (nSPS) is 15.2. The molecule has 2 N–H and O–H groups in total. The molecule has 1 aliphatic rings. The summed E-state index contributed by atoms with van der Waals surface area (Å²) in [6.45, 7) is 5.85. The molecule has 0 aliphatic heterocycles. The van der Waals surface area contributed by atoms with Crippen LogP contribution in [0, 0.1) is 11.7 Å². The third-order valence-corrected chi connectivity index (χ3v) is 3.44. The number of benzene rings is 1. The van der Waals surface area contributed by atoms with Gasteiger partial charge < -0.3 is 10.6 Å². The second kappa shape index (κ2) is 5.70. The molecule has 0 saturated heterocycles. The molecule has 18 heavy (non-hydrogen) atoms. The van der Waals surface area contributed by atoms with Crippen molar-refractivity contribution >= 4 is 5.69 Å². The summed E-state index contributed by atoms with van der Waals surface area (Å²) in [6.07, 6.45) is 3.60. The van der Waals surface area contributed by atoms with Crippen LogP contribution >= 0.6 is 0 Å². The van der Waals surface area contributed by atoms with Gasteiger partial charge in [-0.2, -0.15) is 0 Å².